The summed E-state index contributed by atoms with van der Waals surface area (Å²) in [5.41, 5.74) is -5.65. The van der Waals surface area contributed by atoms with Crippen LogP contribution in [0.3, 0.4) is 0 Å². The summed E-state index contributed by atoms with van der Waals surface area (Å²) in [4.78, 5) is 1.94. The lowest BCUT2D eigenvalue weighted by Crippen LogP contribution is -2.17. The molecule has 0 aliphatic carbocycles. The average molecular weight is 281 g/mol. The van der Waals surface area contributed by atoms with E-state index in [4.69, 9.17) is 0 Å². The Bertz CT molecular complexity index is 486. The number of rotatable bonds is 1. The van der Waals surface area contributed by atoms with Crippen LogP contribution < -0.4 is 0 Å². The second-order valence-corrected chi connectivity index (χ2v) is 2.83. The standard InChI is InChI=1S/C8F9N/c9-3-1(2(5(11)12)8(15,16)17)4(10)7(14)18-6(3)13. The zero-order valence-electron chi connectivity index (χ0n) is 7.85. The van der Waals surface area contributed by atoms with Crippen molar-refractivity contribution in [1.29, 1.82) is 0 Å². The van der Waals surface area contributed by atoms with Crippen LogP contribution in [0, 0.1) is 23.5 Å². The summed E-state index contributed by atoms with van der Waals surface area (Å²) < 4.78 is 111. The van der Waals surface area contributed by atoms with Gasteiger partial charge in [-0.1, -0.05) is 0 Å². The molecule has 1 rings (SSSR count). The minimum absolute atomic E-state index is 1.94. The van der Waals surface area contributed by atoms with E-state index in [1.807, 2.05) is 4.98 Å². The predicted molar refractivity (Wildman–Crippen MR) is 39.3 cm³/mol. The Balaban J connectivity index is 3.74. The molecular formula is C8F9N. The number of aromatic nitrogens is 1. The van der Waals surface area contributed by atoms with Crippen molar-refractivity contribution in [2.75, 3.05) is 0 Å². The Morgan fingerprint density at radius 2 is 1.22 bits per heavy atom. The number of halogens is 9. The fourth-order valence-electron chi connectivity index (χ4n) is 1.05. The van der Waals surface area contributed by atoms with Gasteiger partial charge in [0.25, 0.3) is 18.0 Å². The number of alkyl halides is 3. The van der Waals surface area contributed by atoms with E-state index in [-0.39, 0.29) is 0 Å². The smallest absolute Gasteiger partial charge is 0.201 e. The molecule has 0 spiro atoms. The first-order valence-electron chi connectivity index (χ1n) is 3.90. The molecular weight excluding hydrogens is 281 g/mol. The van der Waals surface area contributed by atoms with E-state index < -0.39 is 46.9 Å². The van der Waals surface area contributed by atoms with Gasteiger partial charge in [-0.3, -0.25) is 0 Å². The van der Waals surface area contributed by atoms with Crippen molar-refractivity contribution >= 4 is 5.57 Å². The summed E-state index contributed by atoms with van der Waals surface area (Å²) in [5.74, 6) is -10.2. The van der Waals surface area contributed by atoms with Gasteiger partial charge in [-0.05, 0) is 0 Å². The van der Waals surface area contributed by atoms with Crippen LogP contribution in [0.5, 0.6) is 0 Å². The first-order valence-corrected chi connectivity index (χ1v) is 3.90. The van der Waals surface area contributed by atoms with Crippen molar-refractivity contribution in [2.24, 2.45) is 0 Å². The maximum Gasteiger partial charge on any atom is 0.422 e. The summed E-state index contributed by atoms with van der Waals surface area (Å²) in [6, 6.07) is 0. The summed E-state index contributed by atoms with van der Waals surface area (Å²) in [5, 5.41) is 0. The SMILES string of the molecule is FC(F)=C(c1c(F)c(F)nc(F)c1F)C(F)(F)F. The Hall–Kier alpha value is -1.74. The van der Waals surface area contributed by atoms with E-state index in [9.17, 15) is 39.5 Å². The van der Waals surface area contributed by atoms with Crippen molar-refractivity contribution in [3.8, 4) is 0 Å². The van der Waals surface area contributed by atoms with Gasteiger partial charge in [0.05, 0.1) is 5.56 Å². The number of allylic oxidation sites excluding steroid dienone is 1. The third-order valence-corrected chi connectivity index (χ3v) is 1.72. The Morgan fingerprint density at radius 1 is 0.833 bits per heavy atom. The highest BCUT2D eigenvalue weighted by atomic mass is 19.4. The Labute approximate surface area is 92.5 Å². The van der Waals surface area contributed by atoms with Gasteiger partial charge in [-0.15, -0.1) is 0 Å². The van der Waals surface area contributed by atoms with Crippen LogP contribution in [0.15, 0.2) is 6.08 Å². The maximum absolute atomic E-state index is 12.9. The topological polar surface area (TPSA) is 12.9 Å². The Morgan fingerprint density at radius 3 is 1.50 bits per heavy atom. The van der Waals surface area contributed by atoms with Crippen molar-refractivity contribution in [2.45, 2.75) is 6.18 Å². The first-order chi connectivity index (χ1) is 8.07. The zero-order chi connectivity index (χ0) is 14.2. The fraction of sp³-hybridized carbons (Fsp3) is 0.125. The van der Waals surface area contributed by atoms with E-state index in [0.717, 1.165) is 0 Å². The molecule has 0 saturated carbocycles. The number of hydrogen-bond acceptors (Lipinski definition) is 1. The van der Waals surface area contributed by atoms with Crippen LogP contribution in [-0.4, -0.2) is 11.2 Å². The number of nitrogens with zero attached hydrogens (tertiary/aromatic N) is 1. The minimum atomic E-state index is -5.90. The van der Waals surface area contributed by atoms with Gasteiger partial charge in [-0.25, -0.2) is 8.78 Å². The lowest BCUT2D eigenvalue weighted by molar-refractivity contribution is -0.0716. The molecule has 0 saturated heterocycles. The normalized spacial score (nSPS) is 11.6. The highest BCUT2D eigenvalue weighted by Gasteiger charge is 2.43. The summed E-state index contributed by atoms with van der Waals surface area (Å²) in [7, 11) is 0. The molecule has 1 aromatic heterocycles. The molecule has 0 aliphatic heterocycles. The highest BCUT2D eigenvalue weighted by molar-refractivity contribution is 5.70. The van der Waals surface area contributed by atoms with Gasteiger partial charge in [0.2, 0.25) is 0 Å². The van der Waals surface area contributed by atoms with E-state index in [1.165, 1.54) is 0 Å². The van der Waals surface area contributed by atoms with Gasteiger partial charge in [0.1, 0.15) is 5.57 Å². The molecule has 0 bridgehead atoms. The van der Waals surface area contributed by atoms with Crippen LogP contribution in [0.4, 0.5) is 39.5 Å². The van der Waals surface area contributed by atoms with Gasteiger partial charge in [0, 0.05) is 0 Å². The molecule has 1 heterocycles. The van der Waals surface area contributed by atoms with Crippen molar-refractivity contribution in [1.82, 2.24) is 4.98 Å². The van der Waals surface area contributed by atoms with Crippen LogP contribution in [0.1, 0.15) is 5.56 Å². The van der Waals surface area contributed by atoms with E-state index in [1.54, 1.807) is 0 Å². The van der Waals surface area contributed by atoms with E-state index in [0.29, 0.717) is 0 Å². The quantitative estimate of drug-likeness (QED) is 0.563. The molecule has 1 aromatic rings. The second kappa shape index (κ2) is 4.50. The van der Waals surface area contributed by atoms with Crippen molar-refractivity contribution < 1.29 is 39.5 Å². The summed E-state index contributed by atoms with van der Waals surface area (Å²) in [6.45, 7) is 0. The molecule has 1 nitrogen and oxygen atoms in total. The van der Waals surface area contributed by atoms with Crippen LogP contribution in [0.25, 0.3) is 5.57 Å². The van der Waals surface area contributed by atoms with Gasteiger partial charge < -0.3 is 0 Å². The number of pyridine rings is 1. The van der Waals surface area contributed by atoms with E-state index >= 15 is 0 Å². The molecule has 0 N–H and O–H groups in total. The molecule has 0 amide bonds. The monoisotopic (exact) mass is 281 g/mol. The van der Waals surface area contributed by atoms with E-state index in [2.05, 4.69) is 0 Å². The van der Waals surface area contributed by atoms with Gasteiger partial charge in [-0.2, -0.15) is 35.7 Å². The van der Waals surface area contributed by atoms with Gasteiger partial charge in [0.15, 0.2) is 11.6 Å². The second-order valence-electron chi connectivity index (χ2n) is 2.83. The third kappa shape index (κ3) is 2.41. The fourth-order valence-corrected chi connectivity index (χ4v) is 1.05. The molecule has 18 heavy (non-hydrogen) atoms. The van der Waals surface area contributed by atoms with Crippen molar-refractivity contribution in [3.05, 3.63) is 35.2 Å². The maximum atomic E-state index is 12.9. The first kappa shape index (κ1) is 14.3. The zero-order valence-corrected chi connectivity index (χ0v) is 7.85. The van der Waals surface area contributed by atoms with Crippen molar-refractivity contribution in [3.63, 3.8) is 0 Å². The van der Waals surface area contributed by atoms with Gasteiger partial charge >= 0.3 is 6.18 Å². The summed E-state index contributed by atoms with van der Waals surface area (Å²) >= 11 is 0. The molecule has 0 atom stereocenters. The molecule has 0 aromatic carbocycles. The lowest BCUT2D eigenvalue weighted by Gasteiger charge is -2.12. The third-order valence-electron chi connectivity index (χ3n) is 1.72. The van der Waals surface area contributed by atoms with Crippen LogP contribution >= 0.6 is 0 Å². The molecule has 100 valence electrons. The Kier molecular flexibility index (Phi) is 3.58. The molecule has 0 fully saturated rings. The number of hydrogen-bond donors (Lipinski definition) is 0. The lowest BCUT2D eigenvalue weighted by atomic mass is 10.1. The average Bonchev–Trinajstić information content (AvgIpc) is 2.19. The van der Waals surface area contributed by atoms with Crippen LogP contribution in [-0.2, 0) is 0 Å². The highest BCUT2D eigenvalue weighted by Crippen LogP contribution is 2.40. The summed E-state index contributed by atoms with van der Waals surface area (Å²) in [6.07, 6.45) is -9.44. The minimum Gasteiger partial charge on any atom is -0.201 e. The molecule has 0 aliphatic rings. The molecule has 0 radical (unpaired) electrons. The largest absolute Gasteiger partial charge is 0.422 e. The van der Waals surface area contributed by atoms with Crippen LogP contribution in [0.2, 0.25) is 0 Å². The predicted octanol–water partition coefficient (Wildman–Crippen LogP) is 3.81. The molecule has 0 unspecified atom stereocenters. The molecule has 10 heteroatoms.